The highest BCUT2D eigenvalue weighted by atomic mass is 19.4. The molecule has 1 aromatic heterocycles. The predicted molar refractivity (Wildman–Crippen MR) is 149 cm³/mol. The normalized spacial score (nSPS) is 24.3. The summed E-state index contributed by atoms with van der Waals surface area (Å²) in [5.41, 5.74) is 2.70. The average Bonchev–Trinajstić information content (AvgIpc) is 3.30. The molecule has 1 heterocycles. The third-order valence-corrected chi connectivity index (χ3v) is 8.75. The molecule has 0 aliphatic heterocycles. The highest BCUT2D eigenvalue weighted by Gasteiger charge is 2.61. The fourth-order valence-corrected chi connectivity index (χ4v) is 6.86. The lowest BCUT2D eigenvalue weighted by atomic mass is 9.88. The van der Waals surface area contributed by atoms with Crippen LogP contribution < -0.4 is 4.74 Å². The van der Waals surface area contributed by atoms with E-state index < -0.39 is 29.1 Å². The molecule has 6 rings (SSSR count). The Bertz CT molecular complexity index is 1550. The summed E-state index contributed by atoms with van der Waals surface area (Å²) in [5.74, 6) is -0.682. The van der Waals surface area contributed by atoms with Crippen LogP contribution in [0.3, 0.4) is 0 Å². The monoisotopic (exact) mass is 582 g/mol. The molecule has 1 unspecified atom stereocenters. The first kappa shape index (κ1) is 28.6. The molecule has 42 heavy (non-hydrogen) atoms. The number of alkyl halides is 3. The second-order valence-electron chi connectivity index (χ2n) is 12.9. The number of carbonyl (C=O) groups excluding carboxylic acids is 1. The predicted octanol–water partition coefficient (Wildman–Crippen LogP) is 7.18. The number of carbonyl (C=O) groups is 1. The van der Waals surface area contributed by atoms with Crippen LogP contribution in [-0.4, -0.2) is 35.5 Å². The number of fused-ring (bicyclic) bond motifs is 4. The Morgan fingerprint density at radius 3 is 2.45 bits per heavy atom. The minimum absolute atomic E-state index is 0.103. The van der Waals surface area contributed by atoms with E-state index in [1.165, 1.54) is 18.2 Å². The molecule has 0 radical (unpaired) electrons. The molecule has 0 spiro atoms. The standard InChI is InChI=1S/C33H34F4N2O3/c1-32(2,3)42-31(40)30-23-10-17-12-28(38-15-24(17)29(23)30)41-16-18-11-20-21(14-27(39(4)5)22(20)13-26(18)34)19-8-6-7-9-25(19)33(35,36)37/h6-9,11-13,15,21,23,27,29-30H,10,14,16H2,1-5H3/t21-,23+,27?,29+,30-/m0/s1. The van der Waals surface area contributed by atoms with E-state index >= 15 is 4.39 Å². The summed E-state index contributed by atoms with van der Waals surface area (Å²) in [6, 6.07) is 10.3. The summed E-state index contributed by atoms with van der Waals surface area (Å²) in [6.07, 6.45) is -1.63. The smallest absolute Gasteiger partial charge is 0.416 e. The van der Waals surface area contributed by atoms with Crippen molar-refractivity contribution >= 4 is 5.97 Å². The molecular formula is C33H34F4N2O3. The van der Waals surface area contributed by atoms with Crippen molar-refractivity contribution in [3.05, 3.63) is 93.4 Å². The molecule has 3 aromatic rings. The van der Waals surface area contributed by atoms with E-state index in [4.69, 9.17) is 9.47 Å². The molecule has 5 atom stereocenters. The highest BCUT2D eigenvalue weighted by Crippen LogP contribution is 2.62. The summed E-state index contributed by atoms with van der Waals surface area (Å²) in [7, 11) is 3.70. The van der Waals surface area contributed by atoms with Gasteiger partial charge in [0.25, 0.3) is 0 Å². The van der Waals surface area contributed by atoms with Crippen LogP contribution in [0.25, 0.3) is 0 Å². The molecule has 1 saturated carbocycles. The fraction of sp³-hybridized carbons (Fsp3) is 0.455. The van der Waals surface area contributed by atoms with Crippen molar-refractivity contribution in [2.24, 2.45) is 11.8 Å². The van der Waals surface area contributed by atoms with Crippen molar-refractivity contribution in [2.45, 2.75) is 69.9 Å². The van der Waals surface area contributed by atoms with Crippen molar-refractivity contribution < 1.29 is 31.8 Å². The molecule has 1 fully saturated rings. The third-order valence-electron chi connectivity index (χ3n) is 8.75. The van der Waals surface area contributed by atoms with Crippen LogP contribution in [-0.2, 0) is 28.7 Å². The third kappa shape index (κ3) is 5.16. The van der Waals surface area contributed by atoms with Crippen LogP contribution in [0.4, 0.5) is 17.6 Å². The van der Waals surface area contributed by atoms with Crippen molar-refractivity contribution in [3.63, 3.8) is 0 Å². The zero-order valence-electron chi connectivity index (χ0n) is 24.3. The summed E-state index contributed by atoms with van der Waals surface area (Å²) in [6.45, 7) is 5.45. The van der Waals surface area contributed by atoms with E-state index in [0.717, 1.165) is 23.6 Å². The number of nitrogens with zero attached hydrogens (tertiary/aromatic N) is 2. The first-order valence-electron chi connectivity index (χ1n) is 14.2. The van der Waals surface area contributed by atoms with Crippen molar-refractivity contribution in [1.82, 2.24) is 9.88 Å². The molecule has 3 aliphatic rings. The number of benzene rings is 2. The van der Waals surface area contributed by atoms with Gasteiger partial charge in [0, 0.05) is 35.7 Å². The second kappa shape index (κ2) is 10.1. The highest BCUT2D eigenvalue weighted by molar-refractivity contribution is 5.80. The summed E-state index contributed by atoms with van der Waals surface area (Å²) in [5, 5.41) is 0. The summed E-state index contributed by atoms with van der Waals surface area (Å²) in [4.78, 5) is 18.9. The number of hydrogen-bond donors (Lipinski definition) is 0. The minimum atomic E-state index is -4.49. The van der Waals surface area contributed by atoms with Gasteiger partial charge in [-0.15, -0.1) is 0 Å². The van der Waals surface area contributed by atoms with Gasteiger partial charge in [-0.1, -0.05) is 18.2 Å². The van der Waals surface area contributed by atoms with Gasteiger partial charge < -0.3 is 14.4 Å². The van der Waals surface area contributed by atoms with Gasteiger partial charge in [0.05, 0.1) is 11.5 Å². The zero-order chi connectivity index (χ0) is 30.1. The topological polar surface area (TPSA) is 51.7 Å². The van der Waals surface area contributed by atoms with E-state index in [1.807, 2.05) is 45.8 Å². The number of esters is 1. The van der Waals surface area contributed by atoms with Crippen molar-refractivity contribution in [3.8, 4) is 5.88 Å². The SMILES string of the molecule is CN(C)C1C[C@@H](c2ccccc2C(F)(F)F)c2cc(COc3cc4c(cn3)[C@H]3[C@@H](C4)[C@@H]3C(=O)OC(C)(C)C)c(F)cc21. The van der Waals surface area contributed by atoms with Crippen LogP contribution >= 0.6 is 0 Å². The summed E-state index contributed by atoms with van der Waals surface area (Å²) >= 11 is 0. The molecule has 2 aromatic carbocycles. The summed E-state index contributed by atoms with van der Waals surface area (Å²) < 4.78 is 68.6. The van der Waals surface area contributed by atoms with Gasteiger partial charge >= 0.3 is 12.1 Å². The van der Waals surface area contributed by atoms with Crippen LogP contribution in [0.1, 0.15) is 84.0 Å². The van der Waals surface area contributed by atoms with E-state index in [1.54, 1.807) is 18.3 Å². The Morgan fingerprint density at radius 2 is 1.76 bits per heavy atom. The number of rotatable bonds is 6. The van der Waals surface area contributed by atoms with Crippen LogP contribution in [0.2, 0.25) is 0 Å². The van der Waals surface area contributed by atoms with Gasteiger partial charge in [-0.05, 0) is 99.6 Å². The Morgan fingerprint density at radius 1 is 1.02 bits per heavy atom. The zero-order valence-corrected chi connectivity index (χ0v) is 24.3. The van der Waals surface area contributed by atoms with Crippen molar-refractivity contribution in [2.75, 3.05) is 14.1 Å². The number of aromatic nitrogens is 1. The van der Waals surface area contributed by atoms with Gasteiger partial charge in [-0.25, -0.2) is 9.37 Å². The Labute approximate surface area is 242 Å². The first-order chi connectivity index (χ1) is 19.7. The van der Waals surface area contributed by atoms with Gasteiger partial charge in [-0.2, -0.15) is 13.2 Å². The second-order valence-corrected chi connectivity index (χ2v) is 12.9. The maximum Gasteiger partial charge on any atom is 0.416 e. The number of halogens is 4. The van der Waals surface area contributed by atoms with Gasteiger partial charge in [0.1, 0.15) is 18.0 Å². The van der Waals surface area contributed by atoms with Gasteiger partial charge in [0.2, 0.25) is 5.88 Å². The average molecular weight is 583 g/mol. The van der Waals surface area contributed by atoms with E-state index in [-0.39, 0.29) is 47.5 Å². The van der Waals surface area contributed by atoms with E-state index in [0.29, 0.717) is 23.4 Å². The first-order valence-corrected chi connectivity index (χ1v) is 14.2. The molecule has 0 N–H and O–H groups in total. The number of hydrogen-bond acceptors (Lipinski definition) is 5. The molecule has 3 aliphatic carbocycles. The maximum absolute atomic E-state index is 15.4. The largest absolute Gasteiger partial charge is 0.473 e. The molecular weight excluding hydrogens is 548 g/mol. The Kier molecular flexibility index (Phi) is 6.87. The van der Waals surface area contributed by atoms with Crippen LogP contribution in [0.5, 0.6) is 5.88 Å². The van der Waals surface area contributed by atoms with Gasteiger partial charge in [-0.3, -0.25) is 4.79 Å². The molecule has 0 amide bonds. The molecule has 222 valence electrons. The molecule has 5 nitrogen and oxygen atoms in total. The fourth-order valence-electron chi connectivity index (χ4n) is 6.86. The Hall–Kier alpha value is -3.46. The van der Waals surface area contributed by atoms with Gasteiger partial charge in [0.15, 0.2) is 0 Å². The lowest BCUT2D eigenvalue weighted by Crippen LogP contribution is -2.26. The molecule has 0 bridgehead atoms. The van der Waals surface area contributed by atoms with Crippen LogP contribution in [0, 0.1) is 17.7 Å². The lowest BCUT2D eigenvalue weighted by molar-refractivity contribution is -0.157. The number of pyridine rings is 1. The number of ether oxygens (including phenoxy) is 2. The lowest BCUT2D eigenvalue weighted by Gasteiger charge is -2.21. The quantitative estimate of drug-likeness (QED) is 0.228. The minimum Gasteiger partial charge on any atom is -0.473 e. The molecule has 9 heteroatoms. The van der Waals surface area contributed by atoms with Crippen LogP contribution in [0.15, 0.2) is 48.7 Å². The maximum atomic E-state index is 15.4. The van der Waals surface area contributed by atoms with E-state index in [2.05, 4.69) is 4.98 Å². The van der Waals surface area contributed by atoms with E-state index in [9.17, 15) is 18.0 Å². The molecule has 0 saturated heterocycles. The Balaban J connectivity index is 1.22. The van der Waals surface area contributed by atoms with Crippen molar-refractivity contribution in [1.29, 1.82) is 0 Å².